The molecule has 16 heavy (non-hydrogen) atoms. The number of hydrogen-bond acceptors (Lipinski definition) is 2. The number of hydrogen-bond donors (Lipinski definition) is 0. The highest BCUT2D eigenvalue weighted by atomic mass is 79.9. The van der Waals surface area contributed by atoms with Crippen molar-refractivity contribution in [2.75, 3.05) is 6.61 Å². The van der Waals surface area contributed by atoms with Crippen LogP contribution in [0.1, 0.15) is 30.5 Å². The van der Waals surface area contributed by atoms with E-state index in [1.165, 1.54) is 18.4 Å². The lowest BCUT2D eigenvalue weighted by Gasteiger charge is -2.14. The van der Waals surface area contributed by atoms with Gasteiger partial charge in [-0.1, -0.05) is 22.0 Å². The summed E-state index contributed by atoms with van der Waals surface area (Å²) >= 11 is 3.72. The van der Waals surface area contributed by atoms with Gasteiger partial charge in [0.25, 0.3) is 0 Å². The average Bonchev–Trinajstić information content (AvgIpc) is 2.74. The van der Waals surface area contributed by atoms with E-state index < -0.39 is 0 Å². The minimum atomic E-state index is 0.454. The number of nitrogens with zero attached hydrogens (tertiary/aromatic N) is 1. The molecular formula is C13H18BrNO. The normalized spacial score (nSPS) is 22.2. The monoisotopic (exact) mass is 283 g/mol. The van der Waals surface area contributed by atoms with Gasteiger partial charge < -0.3 is 4.74 Å². The molecule has 1 saturated heterocycles. The first kappa shape index (κ1) is 12.1. The second-order valence-electron chi connectivity index (χ2n) is 4.50. The highest BCUT2D eigenvalue weighted by molar-refractivity contribution is 9.09. The molecule has 1 aromatic heterocycles. The fraction of sp³-hybridized carbons (Fsp3) is 0.615. The number of aromatic nitrogens is 1. The van der Waals surface area contributed by atoms with Crippen LogP contribution in [0.25, 0.3) is 0 Å². The Morgan fingerprint density at radius 3 is 3.06 bits per heavy atom. The molecule has 0 aromatic carbocycles. The number of halogens is 1. The Labute approximate surface area is 106 Å². The van der Waals surface area contributed by atoms with E-state index in [4.69, 9.17) is 4.74 Å². The third-order valence-corrected chi connectivity index (χ3v) is 3.64. The second-order valence-corrected chi connectivity index (χ2v) is 5.79. The highest BCUT2D eigenvalue weighted by Gasteiger charge is 2.19. The molecule has 1 fully saturated rings. The Morgan fingerprint density at radius 1 is 1.56 bits per heavy atom. The van der Waals surface area contributed by atoms with Gasteiger partial charge in [-0.25, -0.2) is 0 Å². The summed E-state index contributed by atoms with van der Waals surface area (Å²) in [7, 11) is 0. The van der Waals surface area contributed by atoms with Crippen molar-refractivity contribution in [1.29, 1.82) is 0 Å². The summed E-state index contributed by atoms with van der Waals surface area (Å²) in [5.74, 6) is 0. The molecule has 0 saturated carbocycles. The SMILES string of the molecule is Cc1ccc(CC(Br)CC2CCCO2)nc1. The van der Waals surface area contributed by atoms with E-state index in [9.17, 15) is 0 Å². The van der Waals surface area contributed by atoms with Crippen LogP contribution in [0.2, 0.25) is 0 Å². The molecule has 0 spiro atoms. The van der Waals surface area contributed by atoms with E-state index in [1.54, 1.807) is 0 Å². The Bertz CT molecular complexity index is 319. The van der Waals surface area contributed by atoms with Crippen molar-refractivity contribution in [2.45, 2.75) is 43.5 Å². The van der Waals surface area contributed by atoms with E-state index in [2.05, 4.69) is 40.0 Å². The lowest BCUT2D eigenvalue weighted by molar-refractivity contribution is 0.104. The number of alkyl halides is 1. The zero-order valence-electron chi connectivity index (χ0n) is 9.66. The maximum atomic E-state index is 5.63. The zero-order valence-corrected chi connectivity index (χ0v) is 11.2. The third-order valence-electron chi connectivity index (χ3n) is 2.95. The molecule has 2 heterocycles. The molecule has 2 rings (SSSR count). The fourth-order valence-corrected chi connectivity index (χ4v) is 2.79. The van der Waals surface area contributed by atoms with Gasteiger partial charge in [-0.3, -0.25) is 4.98 Å². The molecule has 0 amide bonds. The molecule has 0 bridgehead atoms. The molecule has 0 N–H and O–H groups in total. The molecular weight excluding hydrogens is 266 g/mol. The standard InChI is InChI=1S/C13H18BrNO/c1-10-4-5-12(15-9-10)7-11(14)8-13-3-2-6-16-13/h4-5,9,11,13H,2-3,6-8H2,1H3. The number of pyridine rings is 1. The molecule has 2 unspecified atom stereocenters. The smallest absolute Gasteiger partial charge is 0.0586 e. The minimum absolute atomic E-state index is 0.454. The van der Waals surface area contributed by atoms with Gasteiger partial charge in [-0.15, -0.1) is 0 Å². The molecule has 88 valence electrons. The number of ether oxygens (including phenoxy) is 1. The van der Waals surface area contributed by atoms with Crippen molar-refractivity contribution in [3.63, 3.8) is 0 Å². The maximum Gasteiger partial charge on any atom is 0.0586 e. The van der Waals surface area contributed by atoms with Gasteiger partial charge >= 0.3 is 0 Å². The van der Waals surface area contributed by atoms with E-state index in [-0.39, 0.29) is 0 Å². The molecule has 3 heteroatoms. The largest absolute Gasteiger partial charge is 0.378 e. The minimum Gasteiger partial charge on any atom is -0.378 e. The summed E-state index contributed by atoms with van der Waals surface area (Å²) in [6.07, 6.45) is 6.89. The van der Waals surface area contributed by atoms with Gasteiger partial charge in [-0.2, -0.15) is 0 Å². The van der Waals surface area contributed by atoms with Crippen LogP contribution >= 0.6 is 15.9 Å². The topological polar surface area (TPSA) is 22.1 Å². The first-order valence-corrected chi connectivity index (χ1v) is 6.83. The van der Waals surface area contributed by atoms with Crippen molar-refractivity contribution in [3.8, 4) is 0 Å². The second kappa shape index (κ2) is 5.78. The van der Waals surface area contributed by atoms with Crippen molar-refractivity contribution in [3.05, 3.63) is 29.6 Å². The van der Waals surface area contributed by atoms with E-state index in [0.29, 0.717) is 10.9 Å². The molecule has 2 nitrogen and oxygen atoms in total. The summed E-state index contributed by atoms with van der Waals surface area (Å²) < 4.78 is 5.63. The molecule has 0 radical (unpaired) electrons. The van der Waals surface area contributed by atoms with Gasteiger partial charge in [0.05, 0.1) is 6.10 Å². The van der Waals surface area contributed by atoms with Crippen LogP contribution in [-0.2, 0) is 11.2 Å². The Balaban J connectivity index is 1.81. The molecule has 2 atom stereocenters. The summed E-state index contributed by atoms with van der Waals surface area (Å²) in [4.78, 5) is 4.90. The summed E-state index contributed by atoms with van der Waals surface area (Å²) in [6, 6.07) is 4.23. The first-order chi connectivity index (χ1) is 7.74. The molecule has 0 aliphatic carbocycles. The van der Waals surface area contributed by atoms with Crippen molar-refractivity contribution in [2.24, 2.45) is 0 Å². The van der Waals surface area contributed by atoms with Gasteiger partial charge in [0, 0.05) is 29.7 Å². The van der Waals surface area contributed by atoms with E-state index in [0.717, 1.165) is 25.1 Å². The number of aryl methyl sites for hydroxylation is 1. The van der Waals surface area contributed by atoms with Crippen LogP contribution in [0.4, 0.5) is 0 Å². The number of rotatable bonds is 4. The maximum absolute atomic E-state index is 5.63. The first-order valence-electron chi connectivity index (χ1n) is 5.91. The van der Waals surface area contributed by atoms with Crippen molar-refractivity contribution in [1.82, 2.24) is 4.98 Å². The lowest BCUT2D eigenvalue weighted by Crippen LogP contribution is -2.14. The van der Waals surface area contributed by atoms with Crippen LogP contribution in [0.15, 0.2) is 18.3 Å². The van der Waals surface area contributed by atoms with Crippen LogP contribution in [0, 0.1) is 6.92 Å². The Morgan fingerprint density at radius 2 is 2.44 bits per heavy atom. The van der Waals surface area contributed by atoms with E-state index in [1.807, 2.05) is 6.20 Å². The van der Waals surface area contributed by atoms with Crippen LogP contribution in [0.3, 0.4) is 0 Å². The predicted molar refractivity (Wildman–Crippen MR) is 69.0 cm³/mol. The zero-order chi connectivity index (χ0) is 11.4. The third kappa shape index (κ3) is 3.56. The predicted octanol–water partition coefficient (Wildman–Crippen LogP) is 3.27. The van der Waals surface area contributed by atoms with Gasteiger partial charge in [-0.05, 0) is 37.8 Å². The van der Waals surface area contributed by atoms with Crippen LogP contribution in [-0.4, -0.2) is 22.5 Å². The quantitative estimate of drug-likeness (QED) is 0.792. The van der Waals surface area contributed by atoms with Crippen molar-refractivity contribution < 1.29 is 4.74 Å². The summed E-state index contributed by atoms with van der Waals surface area (Å²) in [6.45, 7) is 3.00. The molecule has 1 aromatic rings. The van der Waals surface area contributed by atoms with Gasteiger partial charge in [0.15, 0.2) is 0 Å². The molecule has 1 aliphatic heterocycles. The lowest BCUT2D eigenvalue weighted by atomic mass is 10.1. The van der Waals surface area contributed by atoms with Gasteiger partial charge in [0.1, 0.15) is 0 Å². The van der Waals surface area contributed by atoms with Crippen molar-refractivity contribution >= 4 is 15.9 Å². The summed E-state index contributed by atoms with van der Waals surface area (Å²) in [5, 5.41) is 0. The van der Waals surface area contributed by atoms with E-state index >= 15 is 0 Å². The van der Waals surface area contributed by atoms with Crippen LogP contribution in [0.5, 0.6) is 0 Å². The summed E-state index contributed by atoms with van der Waals surface area (Å²) in [5.41, 5.74) is 2.37. The fourth-order valence-electron chi connectivity index (χ4n) is 2.04. The van der Waals surface area contributed by atoms with Crippen LogP contribution < -0.4 is 0 Å². The van der Waals surface area contributed by atoms with Gasteiger partial charge in [0.2, 0.25) is 0 Å². The highest BCUT2D eigenvalue weighted by Crippen LogP contribution is 2.22. The Hall–Kier alpha value is -0.410. The Kier molecular flexibility index (Phi) is 4.36. The molecule has 1 aliphatic rings. The average molecular weight is 284 g/mol.